The van der Waals surface area contributed by atoms with Crippen LogP contribution < -0.4 is 11.3 Å². The van der Waals surface area contributed by atoms with Gasteiger partial charge in [0.2, 0.25) is 0 Å². The molecule has 4 nitrogen and oxygen atoms in total. The van der Waals surface area contributed by atoms with Gasteiger partial charge in [-0.2, -0.15) is 11.8 Å². The van der Waals surface area contributed by atoms with Gasteiger partial charge < -0.3 is 0 Å². The molecule has 0 aromatic carbocycles. The molecule has 1 aromatic heterocycles. The molecule has 0 saturated heterocycles. The van der Waals surface area contributed by atoms with E-state index in [9.17, 15) is 4.79 Å². The number of amides is 1. The Morgan fingerprint density at radius 1 is 1.60 bits per heavy atom. The second kappa shape index (κ2) is 6.42. The van der Waals surface area contributed by atoms with Crippen LogP contribution in [0.4, 0.5) is 0 Å². The Kier molecular flexibility index (Phi) is 5.14. The standard InChI is InChI=1S/C10H15N3OS/c1-2-6-15-7-8-4-3-5-9(12-8)10(14)13-11/h3-5H,2,6-7,11H2,1H3,(H,13,14). The van der Waals surface area contributed by atoms with Gasteiger partial charge in [0.05, 0.1) is 5.69 Å². The predicted molar refractivity (Wildman–Crippen MR) is 62.3 cm³/mol. The number of hydrogen-bond donors (Lipinski definition) is 2. The minimum Gasteiger partial charge on any atom is -0.289 e. The fraction of sp³-hybridized carbons (Fsp3) is 0.400. The van der Waals surface area contributed by atoms with Crippen molar-refractivity contribution in [2.75, 3.05) is 5.75 Å². The number of nitrogen functional groups attached to an aromatic ring is 1. The van der Waals surface area contributed by atoms with E-state index in [0.29, 0.717) is 5.69 Å². The summed E-state index contributed by atoms with van der Waals surface area (Å²) in [5, 5.41) is 0. The zero-order valence-corrected chi connectivity index (χ0v) is 9.51. The Morgan fingerprint density at radius 2 is 2.40 bits per heavy atom. The fourth-order valence-electron chi connectivity index (χ4n) is 1.08. The SMILES string of the molecule is CCCSCc1cccc(C(=O)NN)n1. The number of nitrogens with one attached hydrogen (secondary N) is 1. The van der Waals surface area contributed by atoms with Crippen LogP contribution in [0.15, 0.2) is 18.2 Å². The third-order valence-electron chi connectivity index (χ3n) is 1.77. The van der Waals surface area contributed by atoms with Crippen LogP contribution in [-0.4, -0.2) is 16.6 Å². The largest absolute Gasteiger partial charge is 0.289 e. The maximum Gasteiger partial charge on any atom is 0.283 e. The highest BCUT2D eigenvalue weighted by Crippen LogP contribution is 2.11. The van der Waals surface area contributed by atoms with Crippen molar-refractivity contribution in [3.05, 3.63) is 29.6 Å². The van der Waals surface area contributed by atoms with Crippen LogP contribution in [0.5, 0.6) is 0 Å². The van der Waals surface area contributed by atoms with Crippen molar-refractivity contribution in [1.29, 1.82) is 0 Å². The lowest BCUT2D eigenvalue weighted by Crippen LogP contribution is -2.30. The van der Waals surface area contributed by atoms with Gasteiger partial charge in [0.25, 0.3) is 5.91 Å². The molecule has 5 heteroatoms. The molecule has 1 rings (SSSR count). The number of hydrogen-bond acceptors (Lipinski definition) is 4. The predicted octanol–water partition coefficient (Wildman–Crippen LogP) is 1.33. The van der Waals surface area contributed by atoms with Gasteiger partial charge in [0.1, 0.15) is 5.69 Å². The highest BCUT2D eigenvalue weighted by molar-refractivity contribution is 7.98. The van der Waals surface area contributed by atoms with E-state index in [0.717, 1.165) is 23.6 Å². The summed E-state index contributed by atoms with van der Waals surface area (Å²) in [7, 11) is 0. The number of thioether (sulfide) groups is 1. The zero-order chi connectivity index (χ0) is 11.1. The molecular weight excluding hydrogens is 210 g/mol. The van der Waals surface area contributed by atoms with E-state index in [2.05, 4.69) is 17.3 Å². The number of carbonyl (C=O) groups excluding carboxylic acids is 1. The third-order valence-corrected chi connectivity index (χ3v) is 2.97. The zero-order valence-electron chi connectivity index (χ0n) is 8.69. The van der Waals surface area contributed by atoms with Crippen molar-refractivity contribution in [2.24, 2.45) is 5.84 Å². The molecule has 0 aliphatic rings. The van der Waals surface area contributed by atoms with Crippen molar-refractivity contribution in [3.63, 3.8) is 0 Å². The van der Waals surface area contributed by atoms with Crippen molar-refractivity contribution in [2.45, 2.75) is 19.1 Å². The summed E-state index contributed by atoms with van der Waals surface area (Å²) in [5.41, 5.74) is 3.35. The van der Waals surface area contributed by atoms with E-state index in [1.54, 1.807) is 6.07 Å². The van der Waals surface area contributed by atoms with Crippen molar-refractivity contribution in [3.8, 4) is 0 Å². The van der Waals surface area contributed by atoms with Gasteiger partial charge in [-0.15, -0.1) is 0 Å². The minimum absolute atomic E-state index is 0.350. The van der Waals surface area contributed by atoms with Gasteiger partial charge in [-0.3, -0.25) is 10.2 Å². The van der Waals surface area contributed by atoms with Crippen LogP contribution in [0, 0.1) is 0 Å². The topological polar surface area (TPSA) is 68.0 Å². The highest BCUT2D eigenvalue weighted by atomic mass is 32.2. The first-order chi connectivity index (χ1) is 7.27. The molecule has 1 aromatic rings. The summed E-state index contributed by atoms with van der Waals surface area (Å²) in [5.74, 6) is 6.62. The lowest BCUT2D eigenvalue weighted by atomic mass is 10.3. The van der Waals surface area contributed by atoms with Gasteiger partial charge in [0, 0.05) is 5.75 Å². The van der Waals surface area contributed by atoms with E-state index in [-0.39, 0.29) is 5.91 Å². The second-order valence-electron chi connectivity index (χ2n) is 3.04. The normalized spacial score (nSPS) is 10.0. The number of aromatic nitrogens is 1. The monoisotopic (exact) mass is 225 g/mol. The van der Waals surface area contributed by atoms with Crippen LogP contribution in [0.25, 0.3) is 0 Å². The molecule has 0 bridgehead atoms. The molecule has 0 aliphatic carbocycles. The number of nitrogens with two attached hydrogens (primary N) is 1. The van der Waals surface area contributed by atoms with Crippen LogP contribution >= 0.6 is 11.8 Å². The molecule has 0 aliphatic heterocycles. The van der Waals surface area contributed by atoms with Gasteiger partial charge >= 0.3 is 0 Å². The average molecular weight is 225 g/mol. The Bertz CT molecular complexity index is 330. The molecule has 0 fully saturated rings. The van der Waals surface area contributed by atoms with Gasteiger partial charge in [0.15, 0.2) is 0 Å². The van der Waals surface area contributed by atoms with Gasteiger partial charge in [-0.05, 0) is 24.3 Å². The first-order valence-electron chi connectivity index (χ1n) is 4.82. The quantitative estimate of drug-likeness (QED) is 0.343. The summed E-state index contributed by atoms with van der Waals surface area (Å²) >= 11 is 1.81. The number of rotatable bonds is 5. The molecule has 3 N–H and O–H groups in total. The molecule has 1 amide bonds. The maximum absolute atomic E-state index is 11.2. The summed E-state index contributed by atoms with van der Waals surface area (Å²) in [6.07, 6.45) is 1.15. The van der Waals surface area contributed by atoms with E-state index in [1.807, 2.05) is 23.9 Å². The summed E-state index contributed by atoms with van der Waals surface area (Å²) in [6.45, 7) is 2.14. The first kappa shape index (κ1) is 12.0. The number of pyridine rings is 1. The van der Waals surface area contributed by atoms with Crippen molar-refractivity contribution >= 4 is 17.7 Å². The molecule has 0 unspecified atom stereocenters. The van der Waals surface area contributed by atoms with Crippen LogP contribution in [-0.2, 0) is 5.75 Å². The highest BCUT2D eigenvalue weighted by Gasteiger charge is 2.05. The third kappa shape index (κ3) is 3.89. The number of carbonyl (C=O) groups is 1. The van der Waals surface area contributed by atoms with Gasteiger partial charge in [-0.25, -0.2) is 10.8 Å². The van der Waals surface area contributed by atoms with Crippen LogP contribution in [0.2, 0.25) is 0 Å². The number of hydrazine groups is 1. The fourth-order valence-corrected chi connectivity index (χ4v) is 1.88. The molecular formula is C10H15N3OS. The molecule has 0 atom stereocenters. The Labute approximate surface area is 93.6 Å². The van der Waals surface area contributed by atoms with E-state index >= 15 is 0 Å². The Morgan fingerprint density at radius 3 is 3.07 bits per heavy atom. The Balaban J connectivity index is 2.62. The van der Waals surface area contributed by atoms with Crippen LogP contribution in [0.1, 0.15) is 29.5 Å². The molecule has 0 spiro atoms. The molecule has 0 saturated carbocycles. The number of nitrogens with zero attached hydrogens (tertiary/aromatic N) is 1. The van der Waals surface area contributed by atoms with Crippen LogP contribution in [0.3, 0.4) is 0 Å². The summed E-state index contributed by atoms with van der Waals surface area (Å²) in [6, 6.07) is 5.38. The minimum atomic E-state index is -0.350. The summed E-state index contributed by atoms with van der Waals surface area (Å²) in [4.78, 5) is 15.4. The van der Waals surface area contributed by atoms with E-state index in [1.165, 1.54) is 0 Å². The van der Waals surface area contributed by atoms with E-state index in [4.69, 9.17) is 5.84 Å². The summed E-state index contributed by atoms with van der Waals surface area (Å²) < 4.78 is 0. The average Bonchev–Trinajstić information content (AvgIpc) is 2.29. The first-order valence-corrected chi connectivity index (χ1v) is 5.98. The van der Waals surface area contributed by atoms with Gasteiger partial charge in [-0.1, -0.05) is 13.0 Å². The molecule has 0 radical (unpaired) electrons. The Hall–Kier alpha value is -1.07. The smallest absolute Gasteiger partial charge is 0.283 e. The lowest BCUT2D eigenvalue weighted by Gasteiger charge is -2.02. The lowest BCUT2D eigenvalue weighted by molar-refractivity contribution is 0.0948. The van der Waals surface area contributed by atoms with Crippen molar-refractivity contribution in [1.82, 2.24) is 10.4 Å². The van der Waals surface area contributed by atoms with E-state index < -0.39 is 0 Å². The second-order valence-corrected chi connectivity index (χ2v) is 4.15. The molecule has 1 heterocycles. The molecule has 82 valence electrons. The van der Waals surface area contributed by atoms with Crippen molar-refractivity contribution < 1.29 is 4.79 Å². The maximum atomic E-state index is 11.2. The molecule has 15 heavy (non-hydrogen) atoms.